The summed E-state index contributed by atoms with van der Waals surface area (Å²) in [7, 11) is 5.58. The molecular formula is C63H122O9. The minimum atomic E-state index is -0.512. The van der Waals surface area contributed by atoms with Crippen molar-refractivity contribution < 1.29 is 42.8 Å². The Morgan fingerprint density at radius 2 is 0.583 bits per heavy atom. The molecule has 9 heteroatoms. The molecule has 0 bridgehead atoms. The number of rotatable bonds is 61. The maximum absolute atomic E-state index is 12.9. The van der Waals surface area contributed by atoms with Crippen LogP contribution in [-0.2, 0) is 42.8 Å². The molecule has 0 aliphatic rings. The first-order chi connectivity index (χ1) is 35.2. The van der Waals surface area contributed by atoms with E-state index in [2.05, 4.69) is 27.7 Å². The van der Waals surface area contributed by atoms with Crippen molar-refractivity contribution >= 4 is 17.3 Å². The summed E-state index contributed by atoms with van der Waals surface area (Å²) in [6, 6.07) is 0. The van der Waals surface area contributed by atoms with Crippen molar-refractivity contribution in [2.24, 2.45) is 5.92 Å². The molecule has 0 aliphatic carbocycles. The lowest BCUT2D eigenvalue weighted by molar-refractivity contribution is -0.135. The van der Waals surface area contributed by atoms with Gasteiger partial charge in [-0.15, -0.1) is 0 Å². The number of hydrogen-bond donors (Lipinski definition) is 0. The number of methoxy groups -OCH3 is 3. The van der Waals surface area contributed by atoms with Crippen LogP contribution in [0, 0.1) is 5.92 Å². The Morgan fingerprint density at radius 1 is 0.306 bits per heavy atom. The zero-order chi connectivity index (χ0) is 52.8. The summed E-state index contributed by atoms with van der Waals surface area (Å²) in [5.74, 6) is 0.961. The van der Waals surface area contributed by atoms with E-state index in [1.807, 2.05) is 21.3 Å². The van der Waals surface area contributed by atoms with Crippen LogP contribution in [0.25, 0.3) is 0 Å². The van der Waals surface area contributed by atoms with Crippen molar-refractivity contribution in [1.82, 2.24) is 0 Å². The van der Waals surface area contributed by atoms with Gasteiger partial charge in [-0.1, -0.05) is 220 Å². The summed E-state index contributed by atoms with van der Waals surface area (Å²) >= 11 is 0. The molecule has 428 valence electrons. The van der Waals surface area contributed by atoms with Crippen molar-refractivity contribution in [1.29, 1.82) is 0 Å². The van der Waals surface area contributed by atoms with Crippen LogP contribution in [0.1, 0.15) is 304 Å². The van der Waals surface area contributed by atoms with E-state index >= 15 is 0 Å². The summed E-state index contributed by atoms with van der Waals surface area (Å²) < 4.78 is 34.9. The highest BCUT2D eigenvalue weighted by atomic mass is 16.6. The molecule has 0 aromatic heterocycles. The first kappa shape index (κ1) is 70.8. The van der Waals surface area contributed by atoms with E-state index in [0.717, 1.165) is 64.2 Å². The van der Waals surface area contributed by atoms with E-state index in [1.165, 1.54) is 193 Å². The average molecular weight is 1020 g/mol. The maximum atomic E-state index is 12.9. The molecule has 0 N–H and O–H groups in total. The number of ether oxygens (including phenoxy) is 6. The molecule has 0 rings (SSSR count). The van der Waals surface area contributed by atoms with Crippen LogP contribution >= 0.6 is 0 Å². The molecular weight excluding hydrogens is 901 g/mol. The SMILES string of the molecule is CCCCCCC(CCCCCCCCCCC(=O)COCC(COCC(=O)CCCCCCCCCCC(CCCCCC)OC)OCC(=O)CCCCCCC(C)CCC(CCCCCC)OC)OC. The van der Waals surface area contributed by atoms with Crippen LogP contribution in [0.5, 0.6) is 0 Å². The van der Waals surface area contributed by atoms with Gasteiger partial charge in [0.2, 0.25) is 0 Å². The Morgan fingerprint density at radius 3 is 0.917 bits per heavy atom. The van der Waals surface area contributed by atoms with Crippen LogP contribution < -0.4 is 0 Å². The molecule has 0 amide bonds. The van der Waals surface area contributed by atoms with Gasteiger partial charge in [0, 0.05) is 40.6 Å². The summed E-state index contributed by atoms with van der Waals surface area (Å²) in [4.78, 5) is 38.3. The normalized spacial score (nSPS) is 13.9. The largest absolute Gasteiger partial charge is 0.381 e. The number of carbonyl (C=O) groups is 3. The summed E-state index contributed by atoms with van der Waals surface area (Å²) in [5.41, 5.74) is 0. The Labute approximate surface area is 447 Å². The fraction of sp³-hybridized carbons (Fsp3) is 0.952. The number of unbranched alkanes of at least 4 members (excludes halogenated alkanes) is 26. The van der Waals surface area contributed by atoms with Gasteiger partial charge in [-0.3, -0.25) is 14.4 Å². The van der Waals surface area contributed by atoms with Crippen LogP contribution in [0.3, 0.4) is 0 Å². The highest BCUT2D eigenvalue weighted by Crippen LogP contribution is 2.22. The summed E-state index contributed by atoms with van der Waals surface area (Å²) in [5, 5.41) is 0. The van der Waals surface area contributed by atoms with Crippen molar-refractivity contribution in [3.63, 3.8) is 0 Å². The summed E-state index contributed by atoms with van der Waals surface area (Å²) in [6.07, 6.45) is 50.4. The van der Waals surface area contributed by atoms with E-state index in [9.17, 15) is 14.4 Å². The lowest BCUT2D eigenvalue weighted by atomic mass is 9.94. The average Bonchev–Trinajstić information content (AvgIpc) is 3.38. The molecule has 0 heterocycles. The summed E-state index contributed by atoms with van der Waals surface area (Å²) in [6.45, 7) is 9.51. The molecule has 9 nitrogen and oxygen atoms in total. The van der Waals surface area contributed by atoms with Gasteiger partial charge in [-0.25, -0.2) is 0 Å². The molecule has 0 aromatic rings. The third kappa shape index (κ3) is 49.6. The van der Waals surface area contributed by atoms with Gasteiger partial charge in [0.1, 0.15) is 25.9 Å². The van der Waals surface area contributed by atoms with Gasteiger partial charge in [-0.05, 0) is 70.1 Å². The molecule has 0 aromatic carbocycles. The molecule has 0 aliphatic heterocycles. The van der Waals surface area contributed by atoms with Gasteiger partial charge in [0.05, 0.1) is 31.5 Å². The van der Waals surface area contributed by atoms with Gasteiger partial charge < -0.3 is 28.4 Å². The number of Topliss-reactive ketones (excluding diaryl/α,β-unsaturated/α-hetero) is 3. The van der Waals surface area contributed by atoms with Gasteiger partial charge in [0.15, 0.2) is 17.3 Å². The fourth-order valence-corrected chi connectivity index (χ4v) is 10.0. The van der Waals surface area contributed by atoms with Crippen molar-refractivity contribution in [3.8, 4) is 0 Å². The van der Waals surface area contributed by atoms with Crippen LogP contribution in [0.2, 0.25) is 0 Å². The predicted molar refractivity (Wildman–Crippen MR) is 304 cm³/mol. The second kappa shape index (κ2) is 56.0. The predicted octanol–water partition coefficient (Wildman–Crippen LogP) is 17.6. The molecule has 0 saturated carbocycles. The highest BCUT2D eigenvalue weighted by Gasteiger charge is 2.16. The van der Waals surface area contributed by atoms with Crippen molar-refractivity contribution in [2.45, 2.75) is 328 Å². The molecule has 4 atom stereocenters. The third-order valence-corrected chi connectivity index (χ3v) is 15.1. The molecule has 0 saturated heterocycles. The minimum Gasteiger partial charge on any atom is -0.381 e. The molecule has 0 radical (unpaired) electrons. The second-order valence-corrected chi connectivity index (χ2v) is 22.1. The monoisotopic (exact) mass is 1020 g/mol. The number of ketones is 3. The lowest BCUT2D eigenvalue weighted by Crippen LogP contribution is -2.30. The Hall–Kier alpha value is -1.23. The van der Waals surface area contributed by atoms with Gasteiger partial charge >= 0.3 is 0 Å². The standard InChI is InChI=1S/C63H122O9/c1-8-11-14-35-44-60(67-5)46-38-27-23-19-17-21-25-32-41-57(64)51-70-54-63(72-53-59(66)43-34-30-29-31-40-56(4)49-50-62(69-7)48-37-16-13-10-3)55-71-52-58(65)42-33-26-22-18-20-24-28-39-47-61(68-6)45-36-15-12-9-2/h56,60-63H,8-55H2,1-7H3. The first-order valence-corrected chi connectivity index (χ1v) is 31.1. The number of hydrogen-bond acceptors (Lipinski definition) is 9. The van der Waals surface area contributed by atoms with Gasteiger partial charge in [0.25, 0.3) is 0 Å². The van der Waals surface area contributed by atoms with Crippen LogP contribution in [0.15, 0.2) is 0 Å². The lowest BCUT2D eigenvalue weighted by Gasteiger charge is -2.18. The number of carbonyl (C=O) groups excluding carboxylic acids is 3. The molecule has 72 heavy (non-hydrogen) atoms. The quantitative estimate of drug-likeness (QED) is 0.0551. The highest BCUT2D eigenvalue weighted by molar-refractivity contribution is 5.80. The van der Waals surface area contributed by atoms with Crippen LogP contribution in [-0.4, -0.2) is 96.1 Å². The molecule has 0 spiro atoms. The Balaban J connectivity index is 4.53. The van der Waals surface area contributed by atoms with Crippen molar-refractivity contribution in [3.05, 3.63) is 0 Å². The third-order valence-electron chi connectivity index (χ3n) is 15.1. The maximum Gasteiger partial charge on any atom is 0.158 e. The Kier molecular flexibility index (Phi) is 55.0. The zero-order valence-corrected chi connectivity index (χ0v) is 49.0. The zero-order valence-electron chi connectivity index (χ0n) is 49.0. The van der Waals surface area contributed by atoms with Gasteiger partial charge in [-0.2, -0.15) is 0 Å². The van der Waals surface area contributed by atoms with E-state index in [4.69, 9.17) is 28.4 Å². The van der Waals surface area contributed by atoms with E-state index in [-0.39, 0.29) is 50.4 Å². The van der Waals surface area contributed by atoms with E-state index < -0.39 is 6.10 Å². The van der Waals surface area contributed by atoms with Crippen LogP contribution in [0.4, 0.5) is 0 Å². The van der Waals surface area contributed by atoms with E-state index in [0.29, 0.717) is 43.5 Å². The molecule has 0 fully saturated rings. The smallest absolute Gasteiger partial charge is 0.158 e. The topological polar surface area (TPSA) is 107 Å². The molecule has 4 unspecified atom stereocenters. The first-order valence-electron chi connectivity index (χ1n) is 31.1. The van der Waals surface area contributed by atoms with E-state index in [1.54, 1.807) is 0 Å². The second-order valence-electron chi connectivity index (χ2n) is 22.1. The van der Waals surface area contributed by atoms with Crippen molar-refractivity contribution in [2.75, 3.05) is 54.4 Å². The Bertz CT molecular complexity index is 1090. The fourth-order valence-electron chi connectivity index (χ4n) is 10.0. The minimum absolute atomic E-state index is 0.00494.